The van der Waals surface area contributed by atoms with Crippen LogP contribution in [0.25, 0.3) is 0 Å². The quantitative estimate of drug-likeness (QED) is 0.638. The zero-order valence-corrected chi connectivity index (χ0v) is 10.1. The molecule has 0 saturated carbocycles. The van der Waals surface area contributed by atoms with Gasteiger partial charge in [-0.2, -0.15) is 0 Å². The van der Waals surface area contributed by atoms with Gasteiger partial charge in [0.25, 0.3) is 0 Å². The second-order valence-corrected chi connectivity index (χ2v) is 4.48. The first kappa shape index (κ1) is 12.3. The van der Waals surface area contributed by atoms with Crippen LogP contribution in [-0.4, -0.2) is 0 Å². The summed E-state index contributed by atoms with van der Waals surface area (Å²) in [5.41, 5.74) is 1.47. The van der Waals surface area contributed by atoms with Gasteiger partial charge in [0.1, 0.15) is 0 Å². The molecule has 0 amide bonds. The van der Waals surface area contributed by atoms with Gasteiger partial charge in [-0.1, -0.05) is 63.9 Å². The Morgan fingerprint density at radius 3 is 2.40 bits per heavy atom. The molecular formula is C15H23. The van der Waals surface area contributed by atoms with E-state index in [-0.39, 0.29) is 0 Å². The molecule has 1 radical (unpaired) electrons. The Morgan fingerprint density at radius 1 is 1.20 bits per heavy atom. The predicted molar refractivity (Wildman–Crippen MR) is 67.7 cm³/mol. The molecule has 0 aliphatic rings. The maximum absolute atomic E-state index is 3.98. The number of hydrogen-bond donors (Lipinski definition) is 0. The highest BCUT2D eigenvalue weighted by Gasteiger charge is 2.14. The van der Waals surface area contributed by atoms with E-state index < -0.39 is 0 Å². The van der Waals surface area contributed by atoms with Gasteiger partial charge in [0.2, 0.25) is 0 Å². The van der Waals surface area contributed by atoms with E-state index in [4.69, 9.17) is 0 Å². The first-order valence-corrected chi connectivity index (χ1v) is 6.11. The monoisotopic (exact) mass is 203 g/mol. The zero-order valence-electron chi connectivity index (χ0n) is 10.1. The van der Waals surface area contributed by atoms with Crippen LogP contribution >= 0.6 is 0 Å². The van der Waals surface area contributed by atoms with Gasteiger partial charge in [0.05, 0.1) is 0 Å². The van der Waals surface area contributed by atoms with Crippen molar-refractivity contribution in [1.29, 1.82) is 0 Å². The zero-order chi connectivity index (χ0) is 11.1. The van der Waals surface area contributed by atoms with Crippen molar-refractivity contribution in [2.75, 3.05) is 0 Å². The molecule has 1 aromatic carbocycles. The molecule has 2 atom stereocenters. The second kappa shape index (κ2) is 6.66. The molecule has 0 aromatic heterocycles. The van der Waals surface area contributed by atoms with E-state index in [1.54, 1.807) is 0 Å². The number of rotatable bonds is 6. The first-order chi connectivity index (χ1) is 7.27. The fraction of sp³-hybridized carbons (Fsp3) is 0.533. The molecular weight excluding hydrogens is 180 g/mol. The van der Waals surface area contributed by atoms with E-state index in [9.17, 15) is 0 Å². The summed E-state index contributed by atoms with van der Waals surface area (Å²) >= 11 is 0. The van der Waals surface area contributed by atoms with Crippen molar-refractivity contribution >= 4 is 0 Å². The second-order valence-electron chi connectivity index (χ2n) is 4.48. The Balaban J connectivity index is 2.58. The summed E-state index contributed by atoms with van der Waals surface area (Å²) < 4.78 is 0. The van der Waals surface area contributed by atoms with E-state index >= 15 is 0 Å². The molecule has 0 spiro atoms. The molecule has 15 heavy (non-hydrogen) atoms. The summed E-state index contributed by atoms with van der Waals surface area (Å²) in [6.07, 6.45) is 4.80. The van der Waals surface area contributed by atoms with Crippen LogP contribution < -0.4 is 0 Å². The lowest BCUT2D eigenvalue weighted by Gasteiger charge is -2.22. The molecule has 0 aliphatic carbocycles. The SMILES string of the molecule is [CH2]CCC(Cc1ccccc1)C(C)CC. The van der Waals surface area contributed by atoms with E-state index in [2.05, 4.69) is 51.1 Å². The predicted octanol–water partition coefficient (Wildman–Crippen LogP) is 4.51. The lowest BCUT2D eigenvalue weighted by molar-refractivity contribution is 0.326. The fourth-order valence-corrected chi connectivity index (χ4v) is 2.10. The molecule has 0 saturated heterocycles. The molecule has 1 rings (SSSR count). The highest BCUT2D eigenvalue weighted by Crippen LogP contribution is 2.24. The van der Waals surface area contributed by atoms with Gasteiger partial charge in [-0.3, -0.25) is 0 Å². The first-order valence-electron chi connectivity index (χ1n) is 6.11. The normalized spacial score (nSPS) is 14.9. The summed E-state index contributed by atoms with van der Waals surface area (Å²) in [7, 11) is 0. The lowest BCUT2D eigenvalue weighted by Crippen LogP contribution is -2.13. The average Bonchev–Trinajstić information content (AvgIpc) is 2.29. The van der Waals surface area contributed by atoms with Crippen molar-refractivity contribution in [3.05, 3.63) is 42.8 Å². The highest BCUT2D eigenvalue weighted by atomic mass is 14.2. The van der Waals surface area contributed by atoms with E-state index in [1.807, 2.05) is 0 Å². The fourth-order valence-electron chi connectivity index (χ4n) is 2.10. The van der Waals surface area contributed by atoms with Gasteiger partial charge in [-0.25, -0.2) is 0 Å². The largest absolute Gasteiger partial charge is 0.0651 e. The molecule has 0 aliphatic heterocycles. The van der Waals surface area contributed by atoms with Gasteiger partial charge >= 0.3 is 0 Å². The smallest absolute Gasteiger partial charge is 0.0248 e. The molecule has 0 heterocycles. The Labute approximate surface area is 94.7 Å². The maximum Gasteiger partial charge on any atom is -0.0248 e. The maximum atomic E-state index is 3.98. The highest BCUT2D eigenvalue weighted by molar-refractivity contribution is 5.15. The van der Waals surface area contributed by atoms with Crippen molar-refractivity contribution in [2.24, 2.45) is 11.8 Å². The number of benzene rings is 1. The summed E-state index contributed by atoms with van der Waals surface area (Å²) in [5.74, 6) is 1.61. The minimum Gasteiger partial charge on any atom is -0.0651 e. The standard InChI is InChI=1S/C15H23/c1-4-9-15(13(3)5-2)12-14-10-7-6-8-11-14/h6-8,10-11,13,15H,1,4-5,9,12H2,2-3H3. The van der Waals surface area contributed by atoms with Crippen LogP contribution in [0.4, 0.5) is 0 Å². The van der Waals surface area contributed by atoms with Crippen LogP contribution in [0, 0.1) is 18.8 Å². The third-order valence-electron chi connectivity index (χ3n) is 3.36. The summed E-state index contributed by atoms with van der Waals surface area (Å²) in [5, 5.41) is 0. The summed E-state index contributed by atoms with van der Waals surface area (Å²) in [4.78, 5) is 0. The molecule has 1 aromatic rings. The molecule has 0 fully saturated rings. The molecule has 0 N–H and O–H groups in total. The Hall–Kier alpha value is -0.780. The summed E-state index contributed by atoms with van der Waals surface area (Å²) in [6.45, 7) is 8.63. The van der Waals surface area contributed by atoms with Crippen LogP contribution in [0.1, 0.15) is 38.7 Å². The Morgan fingerprint density at radius 2 is 1.87 bits per heavy atom. The summed E-state index contributed by atoms with van der Waals surface area (Å²) in [6, 6.07) is 10.8. The van der Waals surface area contributed by atoms with Crippen molar-refractivity contribution in [1.82, 2.24) is 0 Å². The van der Waals surface area contributed by atoms with Gasteiger partial charge in [-0.15, -0.1) is 0 Å². The topological polar surface area (TPSA) is 0 Å². The Bertz CT molecular complexity index is 250. The number of hydrogen-bond acceptors (Lipinski definition) is 0. The minimum absolute atomic E-state index is 0.801. The average molecular weight is 203 g/mol. The molecule has 83 valence electrons. The van der Waals surface area contributed by atoms with Crippen molar-refractivity contribution in [3.8, 4) is 0 Å². The van der Waals surface area contributed by atoms with Crippen LogP contribution in [-0.2, 0) is 6.42 Å². The van der Waals surface area contributed by atoms with E-state index in [0.717, 1.165) is 18.3 Å². The molecule has 0 bridgehead atoms. The van der Waals surface area contributed by atoms with Crippen LogP contribution in [0.5, 0.6) is 0 Å². The Kier molecular flexibility index (Phi) is 5.45. The lowest BCUT2D eigenvalue weighted by atomic mass is 9.83. The minimum atomic E-state index is 0.801. The van der Waals surface area contributed by atoms with Gasteiger partial charge < -0.3 is 0 Å². The van der Waals surface area contributed by atoms with Gasteiger partial charge in [0.15, 0.2) is 0 Å². The molecule has 2 unspecified atom stereocenters. The van der Waals surface area contributed by atoms with Crippen LogP contribution in [0.3, 0.4) is 0 Å². The van der Waals surface area contributed by atoms with Crippen LogP contribution in [0.2, 0.25) is 0 Å². The van der Waals surface area contributed by atoms with Crippen molar-refractivity contribution < 1.29 is 0 Å². The van der Waals surface area contributed by atoms with E-state index in [1.165, 1.54) is 24.8 Å². The van der Waals surface area contributed by atoms with Gasteiger partial charge in [0, 0.05) is 0 Å². The molecule has 0 nitrogen and oxygen atoms in total. The molecule has 0 heteroatoms. The van der Waals surface area contributed by atoms with E-state index in [0.29, 0.717) is 0 Å². The van der Waals surface area contributed by atoms with Crippen LogP contribution in [0.15, 0.2) is 30.3 Å². The van der Waals surface area contributed by atoms with Gasteiger partial charge in [-0.05, 0) is 30.2 Å². The van der Waals surface area contributed by atoms with Crippen molar-refractivity contribution in [3.63, 3.8) is 0 Å². The third-order valence-corrected chi connectivity index (χ3v) is 3.36. The third kappa shape index (κ3) is 4.07. The van der Waals surface area contributed by atoms with Crippen molar-refractivity contribution in [2.45, 2.75) is 39.5 Å².